The summed E-state index contributed by atoms with van der Waals surface area (Å²) in [6.45, 7) is 9.52. The quantitative estimate of drug-likeness (QED) is 0.809. The van der Waals surface area contributed by atoms with Crippen LogP contribution in [0.2, 0.25) is 0 Å². The standard InChI is InChI=1S/C14H22N6O/c1-5-15-11-8-12(19-14(18-11)9(2)3)16-7-6-13-17-10(4)20-21-13/h8-9H,5-7H2,1-4H3,(H2,15,16,18,19). The van der Waals surface area contributed by atoms with Crippen molar-refractivity contribution in [2.75, 3.05) is 23.7 Å². The summed E-state index contributed by atoms with van der Waals surface area (Å²) in [5, 5.41) is 10.3. The van der Waals surface area contributed by atoms with Crippen LogP contribution in [0.5, 0.6) is 0 Å². The lowest BCUT2D eigenvalue weighted by molar-refractivity contribution is 0.377. The number of hydrogen-bond acceptors (Lipinski definition) is 7. The Kier molecular flexibility index (Phi) is 5.08. The largest absolute Gasteiger partial charge is 0.370 e. The fourth-order valence-corrected chi connectivity index (χ4v) is 1.83. The van der Waals surface area contributed by atoms with E-state index in [2.05, 4.69) is 44.6 Å². The molecule has 2 aromatic heterocycles. The molecular weight excluding hydrogens is 268 g/mol. The van der Waals surface area contributed by atoms with E-state index in [1.165, 1.54) is 0 Å². The molecule has 0 saturated carbocycles. The molecule has 0 aliphatic heterocycles. The molecule has 0 aliphatic carbocycles. The van der Waals surface area contributed by atoms with Crippen molar-refractivity contribution >= 4 is 11.6 Å². The summed E-state index contributed by atoms with van der Waals surface area (Å²) in [7, 11) is 0. The van der Waals surface area contributed by atoms with Gasteiger partial charge in [-0.2, -0.15) is 4.98 Å². The Morgan fingerprint density at radius 2 is 1.86 bits per heavy atom. The van der Waals surface area contributed by atoms with Crippen molar-refractivity contribution in [3.63, 3.8) is 0 Å². The van der Waals surface area contributed by atoms with Crippen molar-refractivity contribution in [3.05, 3.63) is 23.6 Å². The average molecular weight is 290 g/mol. The van der Waals surface area contributed by atoms with Gasteiger partial charge in [-0.15, -0.1) is 0 Å². The van der Waals surface area contributed by atoms with Gasteiger partial charge in [0.15, 0.2) is 5.82 Å². The van der Waals surface area contributed by atoms with Crippen molar-refractivity contribution in [1.82, 2.24) is 20.1 Å². The lowest BCUT2D eigenvalue weighted by atomic mass is 10.2. The van der Waals surface area contributed by atoms with Crippen molar-refractivity contribution in [2.45, 2.75) is 40.0 Å². The van der Waals surface area contributed by atoms with Gasteiger partial charge < -0.3 is 15.2 Å². The van der Waals surface area contributed by atoms with Crippen LogP contribution in [0, 0.1) is 6.92 Å². The van der Waals surface area contributed by atoms with Crippen LogP contribution in [0.4, 0.5) is 11.6 Å². The summed E-state index contributed by atoms with van der Waals surface area (Å²) in [5.41, 5.74) is 0. The number of aromatic nitrogens is 4. The molecule has 0 atom stereocenters. The summed E-state index contributed by atoms with van der Waals surface area (Å²) in [4.78, 5) is 13.2. The highest BCUT2D eigenvalue weighted by Crippen LogP contribution is 2.16. The molecule has 0 amide bonds. The van der Waals surface area contributed by atoms with E-state index in [-0.39, 0.29) is 5.92 Å². The molecule has 7 heteroatoms. The molecule has 0 aromatic carbocycles. The highest BCUT2D eigenvalue weighted by molar-refractivity contribution is 5.47. The fourth-order valence-electron chi connectivity index (χ4n) is 1.83. The molecule has 0 fully saturated rings. The van der Waals surface area contributed by atoms with Gasteiger partial charge in [0.1, 0.15) is 17.5 Å². The molecule has 0 saturated heterocycles. The van der Waals surface area contributed by atoms with Crippen molar-refractivity contribution < 1.29 is 4.52 Å². The Hall–Kier alpha value is -2.18. The van der Waals surface area contributed by atoms with Crippen LogP contribution in [0.3, 0.4) is 0 Å². The first-order chi connectivity index (χ1) is 10.1. The molecule has 2 heterocycles. The van der Waals surface area contributed by atoms with E-state index in [4.69, 9.17) is 4.52 Å². The predicted octanol–water partition coefficient (Wildman–Crippen LogP) is 2.38. The van der Waals surface area contributed by atoms with E-state index in [1.54, 1.807) is 0 Å². The highest BCUT2D eigenvalue weighted by atomic mass is 16.5. The van der Waals surface area contributed by atoms with Crippen molar-refractivity contribution in [2.24, 2.45) is 0 Å². The molecule has 0 bridgehead atoms. The summed E-state index contributed by atoms with van der Waals surface area (Å²) < 4.78 is 5.08. The van der Waals surface area contributed by atoms with E-state index in [0.717, 1.165) is 24.0 Å². The first kappa shape index (κ1) is 15.2. The lowest BCUT2D eigenvalue weighted by Crippen LogP contribution is -2.11. The van der Waals surface area contributed by atoms with Gasteiger partial charge in [-0.05, 0) is 13.8 Å². The Morgan fingerprint density at radius 1 is 1.14 bits per heavy atom. The smallest absolute Gasteiger partial charge is 0.228 e. The first-order valence-electron chi connectivity index (χ1n) is 7.24. The molecule has 7 nitrogen and oxygen atoms in total. The van der Waals surface area contributed by atoms with Gasteiger partial charge in [0.25, 0.3) is 0 Å². The molecule has 2 rings (SSSR count). The lowest BCUT2D eigenvalue weighted by Gasteiger charge is -2.11. The normalized spacial score (nSPS) is 10.9. The Labute approximate surface area is 124 Å². The molecule has 114 valence electrons. The van der Waals surface area contributed by atoms with Gasteiger partial charge in [-0.1, -0.05) is 19.0 Å². The summed E-state index contributed by atoms with van der Waals surface area (Å²) in [6.07, 6.45) is 0.665. The maximum Gasteiger partial charge on any atom is 0.228 e. The van der Waals surface area contributed by atoms with Gasteiger partial charge in [0, 0.05) is 31.5 Å². The number of nitrogens with one attached hydrogen (secondary N) is 2. The second-order valence-corrected chi connectivity index (χ2v) is 5.09. The molecule has 21 heavy (non-hydrogen) atoms. The van der Waals surface area contributed by atoms with Crippen LogP contribution in [0.15, 0.2) is 10.6 Å². The van der Waals surface area contributed by atoms with Gasteiger partial charge in [-0.3, -0.25) is 0 Å². The van der Waals surface area contributed by atoms with Crippen LogP contribution in [-0.4, -0.2) is 33.2 Å². The van der Waals surface area contributed by atoms with Crippen molar-refractivity contribution in [3.8, 4) is 0 Å². The number of nitrogens with zero attached hydrogens (tertiary/aromatic N) is 4. The molecule has 2 N–H and O–H groups in total. The average Bonchev–Trinajstić information content (AvgIpc) is 2.84. The molecule has 0 unspecified atom stereocenters. The Morgan fingerprint density at radius 3 is 2.43 bits per heavy atom. The van der Waals surface area contributed by atoms with E-state index in [9.17, 15) is 0 Å². The van der Waals surface area contributed by atoms with Gasteiger partial charge >= 0.3 is 0 Å². The maximum absolute atomic E-state index is 5.08. The van der Waals surface area contributed by atoms with Gasteiger partial charge in [-0.25, -0.2) is 9.97 Å². The SMILES string of the molecule is CCNc1cc(NCCc2nc(C)no2)nc(C(C)C)n1. The predicted molar refractivity (Wildman–Crippen MR) is 81.5 cm³/mol. The van der Waals surface area contributed by atoms with Crippen LogP contribution in [-0.2, 0) is 6.42 Å². The Bertz CT molecular complexity index is 581. The van der Waals surface area contributed by atoms with Gasteiger partial charge in [0.2, 0.25) is 5.89 Å². The maximum atomic E-state index is 5.08. The third-order valence-electron chi connectivity index (χ3n) is 2.83. The van der Waals surface area contributed by atoms with Crippen LogP contribution < -0.4 is 10.6 Å². The zero-order valence-corrected chi connectivity index (χ0v) is 13.0. The summed E-state index contributed by atoms with van der Waals surface area (Å²) in [6, 6.07) is 1.91. The first-order valence-corrected chi connectivity index (χ1v) is 7.24. The fraction of sp³-hybridized carbons (Fsp3) is 0.571. The third-order valence-corrected chi connectivity index (χ3v) is 2.83. The third kappa shape index (κ3) is 4.40. The van der Waals surface area contributed by atoms with E-state index in [1.807, 2.05) is 19.9 Å². The van der Waals surface area contributed by atoms with Crippen LogP contribution >= 0.6 is 0 Å². The van der Waals surface area contributed by atoms with Crippen LogP contribution in [0.25, 0.3) is 0 Å². The van der Waals surface area contributed by atoms with E-state index in [0.29, 0.717) is 24.7 Å². The van der Waals surface area contributed by atoms with Gasteiger partial charge in [0.05, 0.1) is 0 Å². The Balaban J connectivity index is 2.00. The molecule has 0 aliphatic rings. The van der Waals surface area contributed by atoms with E-state index >= 15 is 0 Å². The highest BCUT2D eigenvalue weighted by Gasteiger charge is 2.08. The molecule has 2 aromatic rings. The zero-order valence-electron chi connectivity index (χ0n) is 13.0. The van der Waals surface area contributed by atoms with E-state index < -0.39 is 0 Å². The minimum Gasteiger partial charge on any atom is -0.370 e. The minimum absolute atomic E-state index is 0.280. The second-order valence-electron chi connectivity index (χ2n) is 5.09. The number of hydrogen-bond donors (Lipinski definition) is 2. The number of anilines is 2. The zero-order chi connectivity index (χ0) is 15.2. The second kappa shape index (κ2) is 7.01. The van der Waals surface area contributed by atoms with Crippen molar-refractivity contribution in [1.29, 1.82) is 0 Å². The molecular formula is C14H22N6O. The molecule has 0 radical (unpaired) electrons. The summed E-state index contributed by atoms with van der Waals surface area (Å²) in [5.74, 6) is 4.04. The minimum atomic E-state index is 0.280. The topological polar surface area (TPSA) is 88.8 Å². The van der Waals surface area contributed by atoms with Crippen LogP contribution in [0.1, 0.15) is 44.2 Å². The number of aryl methyl sites for hydroxylation is 1. The molecule has 0 spiro atoms. The summed E-state index contributed by atoms with van der Waals surface area (Å²) >= 11 is 0. The monoisotopic (exact) mass is 290 g/mol. The number of rotatable bonds is 7.